The average molecular weight is 445 g/mol. The van der Waals surface area contributed by atoms with E-state index in [0.717, 1.165) is 17.5 Å². The van der Waals surface area contributed by atoms with Crippen molar-refractivity contribution in [1.29, 1.82) is 0 Å². The third-order valence-corrected chi connectivity index (χ3v) is 5.64. The van der Waals surface area contributed by atoms with Gasteiger partial charge in [-0.1, -0.05) is 59.8 Å². The Hall–Kier alpha value is -3.80. The minimum atomic E-state index is -0.668. The van der Waals surface area contributed by atoms with Crippen molar-refractivity contribution in [3.8, 4) is 11.5 Å². The standard InChI is InChI=1S/C27H28N2O4/c1-20(27(30)29-15-14-23-10-6-7-11-24(23)18-29)33-28-17-22-12-13-25(31-2)26(16-22)32-19-21-8-4-3-5-9-21/h3-13,16-17,20H,14-15,18-19H2,1-2H3/b28-17+. The van der Waals surface area contributed by atoms with Gasteiger partial charge in [0.1, 0.15) is 6.61 Å². The van der Waals surface area contributed by atoms with Gasteiger partial charge >= 0.3 is 0 Å². The minimum absolute atomic E-state index is 0.0664. The molecule has 3 aromatic rings. The van der Waals surface area contributed by atoms with Crippen LogP contribution in [-0.4, -0.2) is 36.8 Å². The molecule has 6 nitrogen and oxygen atoms in total. The fourth-order valence-electron chi connectivity index (χ4n) is 3.79. The number of benzene rings is 3. The van der Waals surface area contributed by atoms with E-state index in [0.29, 0.717) is 31.2 Å². The van der Waals surface area contributed by atoms with Gasteiger partial charge in [0.2, 0.25) is 6.10 Å². The van der Waals surface area contributed by atoms with Gasteiger partial charge in [-0.25, -0.2) is 0 Å². The SMILES string of the molecule is COc1ccc(/C=N/OC(C)C(=O)N2CCc3ccccc3C2)cc1OCc1ccccc1. The third kappa shape index (κ3) is 5.71. The predicted octanol–water partition coefficient (Wildman–Crippen LogP) is 4.60. The number of oxime groups is 1. The number of hydrogen-bond acceptors (Lipinski definition) is 5. The highest BCUT2D eigenvalue weighted by Gasteiger charge is 2.25. The monoisotopic (exact) mass is 444 g/mol. The molecule has 0 bridgehead atoms. The number of fused-ring (bicyclic) bond motifs is 1. The summed E-state index contributed by atoms with van der Waals surface area (Å²) in [6, 6.07) is 23.7. The van der Waals surface area contributed by atoms with Gasteiger partial charge in [-0.15, -0.1) is 0 Å². The number of amides is 1. The van der Waals surface area contributed by atoms with Crippen LogP contribution in [0.15, 0.2) is 78.0 Å². The molecule has 1 amide bonds. The van der Waals surface area contributed by atoms with E-state index in [1.54, 1.807) is 20.2 Å². The summed E-state index contributed by atoms with van der Waals surface area (Å²) in [6.07, 6.45) is 1.76. The average Bonchev–Trinajstić information content (AvgIpc) is 2.87. The van der Waals surface area contributed by atoms with Crippen molar-refractivity contribution in [1.82, 2.24) is 4.90 Å². The lowest BCUT2D eigenvalue weighted by Gasteiger charge is -2.30. The van der Waals surface area contributed by atoms with Crippen molar-refractivity contribution in [2.45, 2.75) is 32.6 Å². The Morgan fingerprint density at radius 1 is 1.03 bits per heavy atom. The molecule has 1 heterocycles. The molecular formula is C27H28N2O4. The van der Waals surface area contributed by atoms with Crippen LogP contribution in [0.4, 0.5) is 0 Å². The Bertz CT molecular complexity index is 1110. The first-order valence-corrected chi connectivity index (χ1v) is 11.0. The normalized spacial score (nSPS) is 13.9. The van der Waals surface area contributed by atoms with Gasteiger partial charge in [0.25, 0.3) is 5.91 Å². The molecular weight excluding hydrogens is 416 g/mol. The lowest BCUT2D eigenvalue weighted by atomic mass is 10.00. The molecule has 1 aliphatic heterocycles. The summed E-state index contributed by atoms with van der Waals surface area (Å²) < 4.78 is 11.3. The third-order valence-electron chi connectivity index (χ3n) is 5.64. The Morgan fingerprint density at radius 3 is 2.58 bits per heavy atom. The molecule has 0 N–H and O–H groups in total. The van der Waals surface area contributed by atoms with Crippen LogP contribution in [0.2, 0.25) is 0 Å². The quantitative estimate of drug-likeness (QED) is 0.376. The zero-order chi connectivity index (χ0) is 23.0. The molecule has 3 aromatic carbocycles. The van der Waals surface area contributed by atoms with E-state index in [4.69, 9.17) is 14.3 Å². The zero-order valence-electron chi connectivity index (χ0n) is 18.9. The largest absolute Gasteiger partial charge is 0.493 e. The molecule has 4 rings (SSSR count). The number of rotatable bonds is 8. The summed E-state index contributed by atoms with van der Waals surface area (Å²) in [5, 5.41) is 4.05. The molecule has 170 valence electrons. The highest BCUT2D eigenvalue weighted by molar-refractivity contribution is 5.82. The van der Waals surface area contributed by atoms with E-state index < -0.39 is 6.10 Å². The lowest BCUT2D eigenvalue weighted by molar-refractivity contribution is -0.143. The minimum Gasteiger partial charge on any atom is -0.493 e. The second kappa shape index (κ2) is 10.7. The zero-order valence-corrected chi connectivity index (χ0v) is 18.9. The Morgan fingerprint density at radius 2 is 1.79 bits per heavy atom. The lowest BCUT2D eigenvalue weighted by Crippen LogP contribution is -2.41. The van der Waals surface area contributed by atoms with Crippen LogP contribution in [-0.2, 0) is 29.2 Å². The van der Waals surface area contributed by atoms with Crippen molar-refractivity contribution < 1.29 is 19.1 Å². The van der Waals surface area contributed by atoms with Crippen molar-refractivity contribution in [2.75, 3.05) is 13.7 Å². The maximum atomic E-state index is 12.8. The summed E-state index contributed by atoms with van der Waals surface area (Å²) in [5.41, 5.74) is 4.34. The Balaban J connectivity index is 1.35. The predicted molar refractivity (Wildman–Crippen MR) is 127 cm³/mol. The van der Waals surface area contributed by atoms with E-state index >= 15 is 0 Å². The molecule has 0 fully saturated rings. The summed E-state index contributed by atoms with van der Waals surface area (Å²) in [7, 11) is 1.61. The van der Waals surface area contributed by atoms with Gasteiger partial charge in [0.15, 0.2) is 11.5 Å². The maximum Gasteiger partial charge on any atom is 0.266 e. The van der Waals surface area contributed by atoms with Gasteiger partial charge < -0.3 is 19.2 Å². The molecule has 0 aromatic heterocycles. The summed E-state index contributed by atoms with van der Waals surface area (Å²) in [5.74, 6) is 1.18. The maximum absolute atomic E-state index is 12.8. The first-order valence-electron chi connectivity index (χ1n) is 11.0. The molecule has 1 atom stereocenters. The molecule has 1 aliphatic rings. The fourth-order valence-corrected chi connectivity index (χ4v) is 3.79. The molecule has 1 unspecified atom stereocenters. The molecule has 33 heavy (non-hydrogen) atoms. The van der Waals surface area contributed by atoms with E-state index in [-0.39, 0.29) is 5.91 Å². The van der Waals surface area contributed by atoms with E-state index in [9.17, 15) is 4.79 Å². The van der Waals surface area contributed by atoms with Crippen LogP contribution < -0.4 is 9.47 Å². The van der Waals surface area contributed by atoms with Crippen LogP contribution >= 0.6 is 0 Å². The molecule has 0 saturated heterocycles. The van der Waals surface area contributed by atoms with Crippen molar-refractivity contribution in [3.05, 3.63) is 95.1 Å². The van der Waals surface area contributed by atoms with Gasteiger partial charge in [0.05, 0.1) is 13.3 Å². The van der Waals surface area contributed by atoms with Crippen LogP contribution in [0, 0.1) is 0 Å². The van der Waals surface area contributed by atoms with Gasteiger partial charge in [-0.05, 0) is 48.2 Å². The highest BCUT2D eigenvalue weighted by Crippen LogP contribution is 2.28. The van der Waals surface area contributed by atoms with Crippen LogP contribution in [0.1, 0.15) is 29.2 Å². The van der Waals surface area contributed by atoms with Crippen LogP contribution in [0.3, 0.4) is 0 Å². The second-order valence-electron chi connectivity index (χ2n) is 7.95. The first kappa shape index (κ1) is 22.4. The fraction of sp³-hybridized carbons (Fsp3) is 0.259. The molecule has 0 saturated carbocycles. The van der Waals surface area contributed by atoms with Crippen molar-refractivity contribution in [2.24, 2.45) is 5.16 Å². The van der Waals surface area contributed by atoms with E-state index in [1.807, 2.05) is 65.6 Å². The topological polar surface area (TPSA) is 60.4 Å². The molecule has 0 radical (unpaired) electrons. The van der Waals surface area contributed by atoms with Gasteiger partial charge in [-0.3, -0.25) is 4.79 Å². The number of nitrogens with zero attached hydrogens (tertiary/aromatic N) is 2. The smallest absolute Gasteiger partial charge is 0.266 e. The highest BCUT2D eigenvalue weighted by atomic mass is 16.6. The van der Waals surface area contributed by atoms with E-state index in [2.05, 4.69) is 17.3 Å². The number of carbonyl (C=O) groups is 1. The Kier molecular flexibility index (Phi) is 7.25. The summed E-state index contributed by atoms with van der Waals surface area (Å²) in [4.78, 5) is 20.1. The number of hydrogen-bond donors (Lipinski definition) is 0. The number of carbonyl (C=O) groups excluding carboxylic acids is 1. The number of ether oxygens (including phenoxy) is 2. The van der Waals surface area contributed by atoms with Gasteiger partial charge in [-0.2, -0.15) is 0 Å². The molecule has 6 heteroatoms. The Labute approximate surface area is 194 Å². The van der Waals surface area contributed by atoms with Crippen LogP contribution in [0.25, 0.3) is 0 Å². The van der Waals surface area contributed by atoms with Crippen molar-refractivity contribution >= 4 is 12.1 Å². The van der Waals surface area contributed by atoms with E-state index in [1.165, 1.54) is 11.1 Å². The van der Waals surface area contributed by atoms with Crippen LogP contribution in [0.5, 0.6) is 11.5 Å². The second-order valence-corrected chi connectivity index (χ2v) is 7.95. The molecule has 0 aliphatic carbocycles. The van der Waals surface area contributed by atoms with Crippen molar-refractivity contribution in [3.63, 3.8) is 0 Å². The summed E-state index contributed by atoms with van der Waals surface area (Å²) in [6.45, 7) is 3.45. The first-order chi connectivity index (χ1) is 16.1. The van der Waals surface area contributed by atoms with Gasteiger partial charge in [0, 0.05) is 18.7 Å². The molecule has 0 spiro atoms. The number of methoxy groups -OCH3 is 1. The summed E-state index contributed by atoms with van der Waals surface area (Å²) >= 11 is 0.